The topological polar surface area (TPSA) is 44.4 Å². The predicted molar refractivity (Wildman–Crippen MR) is 106 cm³/mol. The molecule has 0 aliphatic carbocycles. The number of benzene rings is 2. The van der Waals surface area contributed by atoms with E-state index in [0.29, 0.717) is 43.2 Å². The van der Waals surface area contributed by atoms with Crippen LogP contribution in [0, 0.1) is 11.6 Å². The molecular weight excluding hydrogens is 384 g/mol. The number of rotatable bonds is 7. The lowest BCUT2D eigenvalue weighted by molar-refractivity contribution is -0.125. The number of halogens is 3. The normalized spacial score (nSPS) is 19.7. The fraction of sp³-hybridized carbons (Fsp3) is 0.381. The molecule has 2 aromatic rings. The number of likely N-dealkylation sites (N-methyl/N-ethyl adjacent to an activating group) is 1. The molecule has 0 bridgehead atoms. The summed E-state index contributed by atoms with van der Waals surface area (Å²) in [7, 11) is 0. The number of amides is 1. The molecule has 4 nitrogen and oxygen atoms in total. The molecule has 2 N–H and O–H groups in total. The Morgan fingerprint density at radius 3 is 2.54 bits per heavy atom. The van der Waals surface area contributed by atoms with E-state index in [-0.39, 0.29) is 18.0 Å². The van der Waals surface area contributed by atoms with E-state index in [1.807, 2.05) is 31.2 Å². The summed E-state index contributed by atoms with van der Waals surface area (Å²) in [4.78, 5) is 14.6. The second-order valence-corrected chi connectivity index (χ2v) is 7.46. The summed E-state index contributed by atoms with van der Waals surface area (Å²) >= 11 is 5.95. The standard InChI is InChI=1S/C21H24ClF2N3O/c1-2-25-21(28)20-10-17(26-11-15-5-8-18(23)19(24)9-15)13-27(20)12-14-3-6-16(22)7-4-14/h3-9,17,20,26H,2,10-13H2,1H3,(H,25,28)/t17-,20-/m0/s1. The van der Waals surface area contributed by atoms with Crippen molar-refractivity contribution in [3.8, 4) is 0 Å². The van der Waals surface area contributed by atoms with Gasteiger partial charge in [-0.2, -0.15) is 0 Å². The van der Waals surface area contributed by atoms with Gasteiger partial charge in [-0.3, -0.25) is 9.69 Å². The van der Waals surface area contributed by atoms with E-state index in [1.165, 1.54) is 6.07 Å². The largest absolute Gasteiger partial charge is 0.355 e. The highest BCUT2D eigenvalue weighted by Crippen LogP contribution is 2.22. The second kappa shape index (κ2) is 9.45. The Balaban J connectivity index is 1.65. The summed E-state index contributed by atoms with van der Waals surface area (Å²) in [5.74, 6) is -1.70. The third-order valence-electron chi connectivity index (χ3n) is 4.93. The van der Waals surface area contributed by atoms with Crippen LogP contribution < -0.4 is 10.6 Å². The summed E-state index contributed by atoms with van der Waals surface area (Å²) in [5, 5.41) is 6.94. The quantitative estimate of drug-likeness (QED) is 0.738. The SMILES string of the molecule is CCNC(=O)[C@@H]1C[C@H](NCc2ccc(F)c(F)c2)CN1Cc1ccc(Cl)cc1. The zero-order chi connectivity index (χ0) is 20.1. The van der Waals surface area contributed by atoms with Crippen molar-refractivity contribution in [2.24, 2.45) is 0 Å². The van der Waals surface area contributed by atoms with Crippen molar-refractivity contribution in [2.75, 3.05) is 13.1 Å². The summed E-state index contributed by atoms with van der Waals surface area (Å²) < 4.78 is 26.5. The molecule has 1 aliphatic heterocycles. The molecule has 2 aromatic carbocycles. The first-order chi connectivity index (χ1) is 13.5. The van der Waals surface area contributed by atoms with Crippen LogP contribution in [0.4, 0.5) is 8.78 Å². The van der Waals surface area contributed by atoms with Crippen LogP contribution in [0.25, 0.3) is 0 Å². The van der Waals surface area contributed by atoms with Gasteiger partial charge < -0.3 is 10.6 Å². The summed E-state index contributed by atoms with van der Waals surface area (Å²) in [6, 6.07) is 11.3. The molecule has 1 aliphatic rings. The minimum atomic E-state index is -0.852. The smallest absolute Gasteiger partial charge is 0.237 e. The van der Waals surface area contributed by atoms with Gasteiger partial charge in [0.05, 0.1) is 6.04 Å². The molecular formula is C21H24ClF2N3O. The fourth-order valence-electron chi connectivity index (χ4n) is 3.53. The highest BCUT2D eigenvalue weighted by atomic mass is 35.5. The van der Waals surface area contributed by atoms with Gasteiger partial charge in [-0.25, -0.2) is 8.78 Å². The average molecular weight is 408 g/mol. The van der Waals surface area contributed by atoms with Crippen LogP contribution in [-0.2, 0) is 17.9 Å². The number of carbonyl (C=O) groups excluding carboxylic acids is 1. The lowest BCUT2D eigenvalue weighted by Crippen LogP contribution is -2.42. The molecule has 2 atom stereocenters. The van der Waals surface area contributed by atoms with Crippen molar-refractivity contribution in [3.63, 3.8) is 0 Å². The molecule has 3 rings (SSSR count). The lowest BCUT2D eigenvalue weighted by atomic mass is 10.1. The van der Waals surface area contributed by atoms with Crippen molar-refractivity contribution in [3.05, 3.63) is 70.2 Å². The predicted octanol–water partition coefficient (Wildman–Crippen LogP) is 3.49. The van der Waals surface area contributed by atoms with Crippen LogP contribution in [0.1, 0.15) is 24.5 Å². The van der Waals surface area contributed by atoms with Crippen molar-refractivity contribution in [1.82, 2.24) is 15.5 Å². The maximum absolute atomic E-state index is 13.4. The zero-order valence-electron chi connectivity index (χ0n) is 15.7. The van der Waals surface area contributed by atoms with Gasteiger partial charge in [-0.15, -0.1) is 0 Å². The van der Waals surface area contributed by atoms with Gasteiger partial charge in [0, 0.05) is 37.2 Å². The lowest BCUT2D eigenvalue weighted by Gasteiger charge is -2.23. The Hall–Kier alpha value is -2.02. The van der Waals surface area contributed by atoms with E-state index in [0.717, 1.165) is 11.6 Å². The molecule has 0 saturated carbocycles. The minimum absolute atomic E-state index is 0.00795. The van der Waals surface area contributed by atoms with Crippen molar-refractivity contribution in [1.29, 1.82) is 0 Å². The van der Waals surface area contributed by atoms with Crippen LogP contribution >= 0.6 is 11.6 Å². The van der Waals surface area contributed by atoms with Crippen LogP contribution in [0.2, 0.25) is 5.02 Å². The molecule has 0 spiro atoms. The first-order valence-corrected chi connectivity index (χ1v) is 9.77. The number of carbonyl (C=O) groups is 1. The molecule has 1 heterocycles. The first-order valence-electron chi connectivity index (χ1n) is 9.39. The van der Waals surface area contributed by atoms with Crippen molar-refractivity contribution in [2.45, 2.75) is 38.5 Å². The Bertz CT molecular complexity index is 816. The van der Waals surface area contributed by atoms with Crippen molar-refractivity contribution >= 4 is 17.5 Å². The molecule has 28 heavy (non-hydrogen) atoms. The number of hydrogen-bond donors (Lipinski definition) is 2. The van der Waals surface area contributed by atoms with E-state index in [2.05, 4.69) is 15.5 Å². The first kappa shape index (κ1) is 20.7. The molecule has 1 saturated heterocycles. The van der Waals surface area contributed by atoms with Gasteiger partial charge in [0.1, 0.15) is 0 Å². The second-order valence-electron chi connectivity index (χ2n) is 7.03. The van der Waals surface area contributed by atoms with Gasteiger partial charge in [0.15, 0.2) is 11.6 Å². The number of nitrogens with one attached hydrogen (secondary N) is 2. The van der Waals surface area contributed by atoms with E-state index >= 15 is 0 Å². The van der Waals surface area contributed by atoms with Gasteiger partial charge in [0.25, 0.3) is 0 Å². The minimum Gasteiger partial charge on any atom is -0.355 e. The molecule has 7 heteroatoms. The van der Waals surface area contributed by atoms with Crippen molar-refractivity contribution < 1.29 is 13.6 Å². The Kier molecular flexibility index (Phi) is 6.99. The fourth-order valence-corrected chi connectivity index (χ4v) is 3.65. The number of nitrogens with zero attached hydrogens (tertiary/aromatic N) is 1. The van der Waals surface area contributed by atoms with Crippen LogP contribution in [0.5, 0.6) is 0 Å². The summed E-state index contributed by atoms with van der Waals surface area (Å²) in [6.45, 7) is 4.22. The summed E-state index contributed by atoms with van der Waals surface area (Å²) in [6.07, 6.45) is 0.656. The number of hydrogen-bond acceptors (Lipinski definition) is 3. The Morgan fingerprint density at radius 1 is 1.14 bits per heavy atom. The van der Waals surface area contributed by atoms with Gasteiger partial charge in [0.2, 0.25) is 5.91 Å². The Labute approximate surface area is 168 Å². The van der Waals surface area contributed by atoms with E-state index in [1.54, 1.807) is 6.07 Å². The molecule has 150 valence electrons. The number of likely N-dealkylation sites (tertiary alicyclic amines) is 1. The Morgan fingerprint density at radius 2 is 1.86 bits per heavy atom. The van der Waals surface area contributed by atoms with E-state index in [4.69, 9.17) is 11.6 Å². The highest BCUT2D eigenvalue weighted by molar-refractivity contribution is 6.30. The average Bonchev–Trinajstić information content (AvgIpc) is 3.08. The molecule has 0 unspecified atom stereocenters. The molecule has 1 amide bonds. The summed E-state index contributed by atoms with van der Waals surface area (Å²) in [5.41, 5.74) is 1.75. The maximum atomic E-state index is 13.4. The zero-order valence-corrected chi connectivity index (χ0v) is 16.5. The van der Waals surface area contributed by atoms with Gasteiger partial charge >= 0.3 is 0 Å². The van der Waals surface area contributed by atoms with Gasteiger partial charge in [-0.05, 0) is 48.7 Å². The molecule has 1 fully saturated rings. The van der Waals surface area contributed by atoms with Crippen LogP contribution in [0.3, 0.4) is 0 Å². The van der Waals surface area contributed by atoms with Gasteiger partial charge in [-0.1, -0.05) is 29.8 Å². The highest BCUT2D eigenvalue weighted by Gasteiger charge is 2.36. The maximum Gasteiger partial charge on any atom is 0.237 e. The van der Waals surface area contributed by atoms with E-state index in [9.17, 15) is 13.6 Å². The van der Waals surface area contributed by atoms with E-state index < -0.39 is 11.6 Å². The third-order valence-corrected chi connectivity index (χ3v) is 5.19. The molecule has 0 aromatic heterocycles. The van der Waals surface area contributed by atoms with Crippen LogP contribution in [0.15, 0.2) is 42.5 Å². The van der Waals surface area contributed by atoms with Crippen LogP contribution in [-0.4, -0.2) is 36.0 Å². The third kappa shape index (κ3) is 5.28. The molecule has 0 radical (unpaired) electrons. The monoisotopic (exact) mass is 407 g/mol.